The molecule has 1 amide bonds. The Morgan fingerprint density at radius 2 is 2.00 bits per heavy atom. The van der Waals surface area contributed by atoms with Crippen molar-refractivity contribution in [2.24, 2.45) is 0 Å². The molecule has 1 aliphatic heterocycles. The van der Waals surface area contributed by atoms with Crippen LogP contribution in [0.2, 0.25) is 0 Å². The largest absolute Gasteiger partial charge is 0.480 e. The maximum absolute atomic E-state index is 13.5. The average Bonchev–Trinajstić information content (AvgIpc) is 2.59. The lowest BCUT2D eigenvalue weighted by Gasteiger charge is -2.37. The quantitative estimate of drug-likeness (QED) is 0.739. The third-order valence-corrected chi connectivity index (χ3v) is 4.62. The van der Waals surface area contributed by atoms with Gasteiger partial charge in [-0.15, -0.1) is 0 Å². The van der Waals surface area contributed by atoms with E-state index < -0.39 is 5.97 Å². The van der Waals surface area contributed by atoms with Crippen LogP contribution >= 0.6 is 0 Å². The molecular weight excluding hydrogens is 325 g/mol. The molecule has 25 heavy (non-hydrogen) atoms. The number of carbonyl (C=O) groups excluding carboxylic acids is 1. The molecule has 0 aliphatic carbocycles. The molecule has 1 heterocycles. The summed E-state index contributed by atoms with van der Waals surface area (Å²) in [6.07, 6.45) is 1.70. The first-order valence-electron chi connectivity index (χ1n) is 8.68. The van der Waals surface area contributed by atoms with E-state index in [1.54, 1.807) is 18.2 Å². The van der Waals surface area contributed by atoms with Gasteiger partial charge in [0, 0.05) is 31.2 Å². The van der Waals surface area contributed by atoms with Gasteiger partial charge in [0.25, 0.3) is 0 Å². The Bertz CT molecular complexity index is 589. The topological polar surface area (TPSA) is 72.9 Å². The number of benzene rings is 1. The van der Waals surface area contributed by atoms with E-state index in [-0.39, 0.29) is 37.4 Å². The highest BCUT2D eigenvalue weighted by atomic mass is 19.1. The molecule has 1 aliphatic rings. The van der Waals surface area contributed by atoms with Gasteiger partial charge in [-0.05, 0) is 25.5 Å². The van der Waals surface area contributed by atoms with E-state index in [0.29, 0.717) is 12.1 Å². The van der Waals surface area contributed by atoms with Crippen molar-refractivity contribution in [1.82, 2.24) is 15.1 Å². The van der Waals surface area contributed by atoms with E-state index in [9.17, 15) is 14.0 Å². The number of hydrogen-bond acceptors (Lipinski definition) is 4. The highest BCUT2D eigenvalue weighted by Gasteiger charge is 2.25. The third kappa shape index (κ3) is 6.10. The normalized spacial score (nSPS) is 16.1. The number of carboxylic acids is 1. The van der Waals surface area contributed by atoms with Gasteiger partial charge in [0.15, 0.2) is 0 Å². The molecule has 0 bridgehead atoms. The van der Waals surface area contributed by atoms with Crippen molar-refractivity contribution in [3.05, 3.63) is 35.6 Å². The summed E-state index contributed by atoms with van der Waals surface area (Å²) < 4.78 is 13.5. The van der Waals surface area contributed by atoms with E-state index in [2.05, 4.69) is 10.2 Å². The number of likely N-dealkylation sites (N-methyl/N-ethyl adjacent to an activating group) is 1. The van der Waals surface area contributed by atoms with E-state index in [4.69, 9.17) is 5.11 Å². The first kappa shape index (κ1) is 19.3. The Hall–Kier alpha value is -1.99. The van der Waals surface area contributed by atoms with Gasteiger partial charge >= 0.3 is 5.97 Å². The molecule has 0 radical (unpaired) electrons. The van der Waals surface area contributed by atoms with E-state index in [1.165, 1.54) is 6.07 Å². The Labute approximate surface area is 147 Å². The Kier molecular flexibility index (Phi) is 7.33. The van der Waals surface area contributed by atoms with E-state index in [1.807, 2.05) is 11.8 Å². The van der Waals surface area contributed by atoms with Gasteiger partial charge in [-0.25, -0.2) is 4.39 Å². The zero-order valence-electron chi connectivity index (χ0n) is 14.6. The Morgan fingerprint density at radius 3 is 2.60 bits per heavy atom. The maximum atomic E-state index is 13.5. The summed E-state index contributed by atoms with van der Waals surface area (Å²) in [6.45, 7) is 4.72. The number of nitrogens with one attached hydrogen (secondary N) is 1. The standard InChI is InChI=1S/C18H26FN3O3/c1-2-22(13-18(24)25)15-7-9-21(10-8-15)12-17(23)20-11-14-5-3-4-6-16(14)19/h3-6,15H,2,7-13H2,1H3,(H,20,23)(H,24,25). The zero-order chi connectivity index (χ0) is 18.2. The number of likely N-dealkylation sites (tertiary alicyclic amines) is 1. The van der Waals surface area contributed by atoms with Crippen LogP contribution < -0.4 is 5.32 Å². The van der Waals surface area contributed by atoms with Crippen LogP contribution in [-0.2, 0) is 16.1 Å². The molecule has 2 rings (SSSR count). The predicted molar refractivity (Wildman–Crippen MR) is 92.6 cm³/mol. The van der Waals surface area contributed by atoms with Crippen LogP contribution in [0, 0.1) is 5.82 Å². The van der Waals surface area contributed by atoms with Crippen LogP contribution in [0.1, 0.15) is 25.3 Å². The molecule has 7 heteroatoms. The number of hydrogen-bond donors (Lipinski definition) is 2. The molecule has 0 atom stereocenters. The van der Waals surface area contributed by atoms with Crippen LogP contribution in [0.3, 0.4) is 0 Å². The number of aliphatic carboxylic acids is 1. The summed E-state index contributed by atoms with van der Waals surface area (Å²) in [6, 6.07) is 6.64. The van der Waals surface area contributed by atoms with Crippen LogP contribution in [0.25, 0.3) is 0 Å². The van der Waals surface area contributed by atoms with Crippen molar-refractivity contribution in [3.63, 3.8) is 0 Å². The lowest BCUT2D eigenvalue weighted by Crippen LogP contribution is -2.48. The van der Waals surface area contributed by atoms with Crippen molar-refractivity contribution in [1.29, 1.82) is 0 Å². The summed E-state index contributed by atoms with van der Waals surface area (Å²) in [7, 11) is 0. The minimum absolute atomic E-state index is 0.0598. The third-order valence-electron chi connectivity index (χ3n) is 4.62. The fraction of sp³-hybridized carbons (Fsp3) is 0.556. The second-order valence-corrected chi connectivity index (χ2v) is 6.33. The minimum atomic E-state index is -0.809. The van der Waals surface area contributed by atoms with Gasteiger partial charge in [-0.1, -0.05) is 25.1 Å². The van der Waals surface area contributed by atoms with Crippen molar-refractivity contribution < 1.29 is 19.1 Å². The molecule has 0 spiro atoms. The summed E-state index contributed by atoms with van der Waals surface area (Å²) >= 11 is 0. The molecule has 1 saturated heterocycles. The number of halogens is 1. The molecule has 1 aromatic carbocycles. The van der Waals surface area contributed by atoms with Crippen molar-refractivity contribution in [2.45, 2.75) is 32.4 Å². The van der Waals surface area contributed by atoms with Crippen LogP contribution in [0.15, 0.2) is 24.3 Å². The number of amides is 1. The second kappa shape index (κ2) is 9.48. The van der Waals surface area contributed by atoms with Crippen molar-refractivity contribution in [3.8, 4) is 0 Å². The Morgan fingerprint density at radius 1 is 1.32 bits per heavy atom. The zero-order valence-corrected chi connectivity index (χ0v) is 14.6. The SMILES string of the molecule is CCN(CC(=O)O)C1CCN(CC(=O)NCc2ccccc2F)CC1. The maximum Gasteiger partial charge on any atom is 0.317 e. The van der Waals surface area contributed by atoms with Gasteiger partial charge in [-0.3, -0.25) is 19.4 Å². The van der Waals surface area contributed by atoms with Gasteiger partial charge in [0.05, 0.1) is 13.1 Å². The minimum Gasteiger partial charge on any atom is -0.480 e. The summed E-state index contributed by atoms with van der Waals surface area (Å²) in [5.74, 6) is -1.25. The fourth-order valence-corrected chi connectivity index (χ4v) is 3.21. The molecule has 1 fully saturated rings. The summed E-state index contributed by atoms with van der Waals surface area (Å²) in [4.78, 5) is 27.0. The molecule has 0 unspecified atom stereocenters. The lowest BCUT2D eigenvalue weighted by molar-refractivity contribution is -0.139. The monoisotopic (exact) mass is 351 g/mol. The van der Waals surface area contributed by atoms with Crippen LogP contribution in [-0.4, -0.2) is 65.5 Å². The van der Waals surface area contributed by atoms with Crippen molar-refractivity contribution >= 4 is 11.9 Å². The van der Waals surface area contributed by atoms with Gasteiger partial charge in [0.2, 0.25) is 5.91 Å². The molecule has 0 aromatic heterocycles. The predicted octanol–water partition coefficient (Wildman–Crippen LogP) is 1.31. The molecule has 2 N–H and O–H groups in total. The average molecular weight is 351 g/mol. The molecule has 0 saturated carbocycles. The lowest BCUT2D eigenvalue weighted by atomic mass is 10.0. The molecular formula is C18H26FN3O3. The fourth-order valence-electron chi connectivity index (χ4n) is 3.21. The van der Waals surface area contributed by atoms with E-state index >= 15 is 0 Å². The number of nitrogens with zero attached hydrogens (tertiary/aromatic N) is 2. The molecule has 1 aromatic rings. The highest BCUT2D eigenvalue weighted by Crippen LogP contribution is 2.16. The second-order valence-electron chi connectivity index (χ2n) is 6.33. The van der Waals surface area contributed by atoms with Gasteiger partial charge < -0.3 is 10.4 Å². The number of carboxylic acid groups (broad SMARTS) is 1. The van der Waals surface area contributed by atoms with Crippen LogP contribution in [0.5, 0.6) is 0 Å². The number of rotatable bonds is 8. The van der Waals surface area contributed by atoms with Crippen molar-refractivity contribution in [2.75, 3.05) is 32.7 Å². The first-order valence-corrected chi connectivity index (χ1v) is 8.68. The van der Waals surface area contributed by atoms with Gasteiger partial charge in [0.1, 0.15) is 5.82 Å². The van der Waals surface area contributed by atoms with Gasteiger partial charge in [-0.2, -0.15) is 0 Å². The number of carbonyl (C=O) groups is 2. The smallest absolute Gasteiger partial charge is 0.317 e. The Balaban J connectivity index is 1.73. The van der Waals surface area contributed by atoms with Crippen LogP contribution in [0.4, 0.5) is 4.39 Å². The van der Waals surface area contributed by atoms with E-state index in [0.717, 1.165) is 25.9 Å². The molecule has 6 nitrogen and oxygen atoms in total. The number of piperidine rings is 1. The highest BCUT2D eigenvalue weighted by molar-refractivity contribution is 5.78. The summed E-state index contributed by atoms with van der Waals surface area (Å²) in [5.41, 5.74) is 0.474. The summed E-state index contributed by atoms with van der Waals surface area (Å²) in [5, 5.41) is 11.7. The molecule has 138 valence electrons. The first-order chi connectivity index (χ1) is 12.0.